The summed E-state index contributed by atoms with van der Waals surface area (Å²) < 4.78 is 5.41. The third-order valence-electron chi connectivity index (χ3n) is 2.34. The van der Waals surface area contributed by atoms with Crippen LogP contribution in [0.5, 0.6) is 0 Å². The number of rotatable bonds is 4. The molecule has 0 aliphatic carbocycles. The van der Waals surface area contributed by atoms with Crippen LogP contribution in [0.15, 0.2) is 27.4 Å². The second kappa shape index (κ2) is 5.19. The molecule has 92 valence electrons. The number of hydrogen-bond acceptors (Lipinski definition) is 5. The van der Waals surface area contributed by atoms with E-state index in [1.54, 1.807) is 0 Å². The number of nitriles is 1. The molecule has 6 heteroatoms. The molecule has 0 unspecified atom stereocenters. The summed E-state index contributed by atoms with van der Waals surface area (Å²) >= 11 is 0. The minimum absolute atomic E-state index is 0.186. The molecule has 6 nitrogen and oxygen atoms in total. The Morgan fingerprint density at radius 3 is 3.06 bits per heavy atom. The van der Waals surface area contributed by atoms with E-state index in [1.807, 2.05) is 25.1 Å². The molecule has 2 heterocycles. The molecule has 0 aliphatic rings. The minimum atomic E-state index is -0.537. The molecule has 0 bridgehead atoms. The largest absolute Gasteiger partial charge is 0.466 e. The molecule has 0 spiro atoms. The molecule has 0 aromatic carbocycles. The lowest BCUT2D eigenvalue weighted by atomic mass is 10.3. The SMILES string of the molecule is Cc1ccc(CCNc2cc(C#N)[nH]c(=O)n2)o1. The van der Waals surface area contributed by atoms with Crippen LogP contribution in [0.25, 0.3) is 0 Å². The van der Waals surface area contributed by atoms with Crippen molar-refractivity contribution in [2.75, 3.05) is 11.9 Å². The molecule has 2 N–H and O–H groups in total. The lowest BCUT2D eigenvalue weighted by Gasteiger charge is -2.03. The first-order valence-electron chi connectivity index (χ1n) is 5.48. The van der Waals surface area contributed by atoms with Crippen molar-refractivity contribution in [2.45, 2.75) is 13.3 Å². The van der Waals surface area contributed by atoms with Crippen molar-refractivity contribution in [3.05, 3.63) is 45.9 Å². The molecule has 0 amide bonds. The normalized spacial score (nSPS) is 10.0. The van der Waals surface area contributed by atoms with Crippen LogP contribution in [0.4, 0.5) is 5.82 Å². The number of aryl methyl sites for hydroxylation is 1. The molecule has 0 saturated heterocycles. The maximum Gasteiger partial charge on any atom is 0.347 e. The van der Waals surface area contributed by atoms with Crippen molar-refractivity contribution >= 4 is 5.82 Å². The number of anilines is 1. The van der Waals surface area contributed by atoms with Gasteiger partial charge in [-0.3, -0.25) is 4.98 Å². The van der Waals surface area contributed by atoms with Gasteiger partial charge in [0.25, 0.3) is 0 Å². The predicted molar refractivity (Wildman–Crippen MR) is 65.2 cm³/mol. The van der Waals surface area contributed by atoms with Crippen molar-refractivity contribution in [1.82, 2.24) is 9.97 Å². The number of nitrogens with zero attached hydrogens (tertiary/aromatic N) is 2. The van der Waals surface area contributed by atoms with Gasteiger partial charge in [-0.1, -0.05) is 0 Å². The maximum atomic E-state index is 11.1. The summed E-state index contributed by atoms with van der Waals surface area (Å²) in [4.78, 5) is 17.2. The van der Waals surface area contributed by atoms with E-state index in [0.29, 0.717) is 18.8 Å². The number of H-pyrrole nitrogens is 1. The second-order valence-electron chi connectivity index (χ2n) is 3.79. The zero-order valence-electron chi connectivity index (χ0n) is 9.86. The average Bonchev–Trinajstić information content (AvgIpc) is 2.74. The standard InChI is InChI=1S/C12H12N4O2/c1-8-2-3-10(18-8)4-5-14-11-6-9(7-13)15-12(17)16-11/h2-3,6H,4-5H2,1H3,(H2,14,15,16,17). The average molecular weight is 244 g/mol. The van der Waals surface area contributed by atoms with Gasteiger partial charge in [0, 0.05) is 19.0 Å². The summed E-state index contributed by atoms with van der Waals surface area (Å²) in [6, 6.07) is 7.16. The Morgan fingerprint density at radius 1 is 1.56 bits per heavy atom. The fraction of sp³-hybridized carbons (Fsp3) is 0.250. The molecule has 2 aromatic rings. The Balaban J connectivity index is 1.96. The molecule has 2 rings (SSSR count). The first-order valence-corrected chi connectivity index (χ1v) is 5.48. The van der Waals surface area contributed by atoms with Crippen LogP contribution >= 0.6 is 0 Å². The van der Waals surface area contributed by atoms with E-state index < -0.39 is 5.69 Å². The summed E-state index contributed by atoms with van der Waals surface area (Å²) in [5.41, 5.74) is -0.350. The van der Waals surface area contributed by atoms with E-state index in [2.05, 4.69) is 15.3 Å². The topological polar surface area (TPSA) is 94.7 Å². The highest BCUT2D eigenvalue weighted by Gasteiger charge is 2.01. The first-order chi connectivity index (χ1) is 8.67. The Labute approximate surface area is 103 Å². The van der Waals surface area contributed by atoms with E-state index in [9.17, 15) is 4.79 Å². The molecule has 0 fully saturated rings. The molecule has 0 radical (unpaired) electrons. The van der Waals surface area contributed by atoms with E-state index in [-0.39, 0.29) is 5.69 Å². The van der Waals surface area contributed by atoms with Gasteiger partial charge >= 0.3 is 5.69 Å². The molecule has 0 aliphatic heterocycles. The van der Waals surface area contributed by atoms with Gasteiger partial charge in [0.1, 0.15) is 29.1 Å². The van der Waals surface area contributed by atoms with Crippen molar-refractivity contribution in [2.24, 2.45) is 0 Å². The van der Waals surface area contributed by atoms with E-state index in [0.717, 1.165) is 11.5 Å². The molecular formula is C12H12N4O2. The van der Waals surface area contributed by atoms with Gasteiger partial charge in [-0.2, -0.15) is 10.2 Å². The van der Waals surface area contributed by atoms with Crippen molar-refractivity contribution in [1.29, 1.82) is 5.26 Å². The summed E-state index contributed by atoms with van der Waals surface area (Å²) in [5, 5.41) is 11.7. The number of aromatic amines is 1. The summed E-state index contributed by atoms with van der Waals surface area (Å²) in [7, 11) is 0. The van der Waals surface area contributed by atoms with Crippen molar-refractivity contribution < 1.29 is 4.42 Å². The van der Waals surface area contributed by atoms with Gasteiger partial charge < -0.3 is 9.73 Å². The van der Waals surface area contributed by atoms with Crippen molar-refractivity contribution in [3.8, 4) is 6.07 Å². The van der Waals surface area contributed by atoms with Crippen LogP contribution < -0.4 is 11.0 Å². The van der Waals surface area contributed by atoms with Crippen LogP contribution in [0.2, 0.25) is 0 Å². The van der Waals surface area contributed by atoms with Crippen LogP contribution in [-0.4, -0.2) is 16.5 Å². The lowest BCUT2D eigenvalue weighted by Crippen LogP contribution is -2.16. The van der Waals surface area contributed by atoms with Crippen molar-refractivity contribution in [3.63, 3.8) is 0 Å². The zero-order chi connectivity index (χ0) is 13.0. The van der Waals surface area contributed by atoms with Crippen LogP contribution in [0.1, 0.15) is 17.2 Å². The summed E-state index contributed by atoms with van der Waals surface area (Å²) in [6.45, 7) is 2.46. The molecule has 2 aromatic heterocycles. The van der Waals surface area contributed by atoms with Crippen LogP contribution in [-0.2, 0) is 6.42 Å². The van der Waals surface area contributed by atoms with E-state index in [1.165, 1.54) is 6.07 Å². The van der Waals surface area contributed by atoms with Gasteiger partial charge in [-0.25, -0.2) is 4.79 Å². The number of hydrogen-bond donors (Lipinski definition) is 2. The lowest BCUT2D eigenvalue weighted by molar-refractivity contribution is 0.486. The van der Waals surface area contributed by atoms with Gasteiger partial charge in [0.15, 0.2) is 0 Å². The maximum absolute atomic E-state index is 11.1. The van der Waals surface area contributed by atoms with Gasteiger partial charge in [0.2, 0.25) is 0 Å². The number of furan rings is 1. The molecule has 0 atom stereocenters. The van der Waals surface area contributed by atoms with Crippen LogP contribution in [0, 0.1) is 18.3 Å². The highest BCUT2D eigenvalue weighted by molar-refractivity contribution is 5.38. The third kappa shape index (κ3) is 2.98. The quantitative estimate of drug-likeness (QED) is 0.842. The highest BCUT2D eigenvalue weighted by Crippen LogP contribution is 2.07. The summed E-state index contributed by atoms with van der Waals surface area (Å²) in [6.07, 6.45) is 0.685. The fourth-order valence-corrected chi connectivity index (χ4v) is 1.54. The Hall–Kier alpha value is -2.55. The molecule has 18 heavy (non-hydrogen) atoms. The Kier molecular flexibility index (Phi) is 3.44. The second-order valence-corrected chi connectivity index (χ2v) is 3.79. The fourth-order valence-electron chi connectivity index (χ4n) is 1.54. The highest BCUT2D eigenvalue weighted by atomic mass is 16.3. The Morgan fingerprint density at radius 2 is 2.39 bits per heavy atom. The van der Waals surface area contributed by atoms with Gasteiger partial charge in [-0.15, -0.1) is 0 Å². The monoisotopic (exact) mass is 244 g/mol. The molecular weight excluding hydrogens is 232 g/mol. The third-order valence-corrected chi connectivity index (χ3v) is 2.34. The smallest absolute Gasteiger partial charge is 0.347 e. The minimum Gasteiger partial charge on any atom is -0.466 e. The van der Waals surface area contributed by atoms with Gasteiger partial charge in [-0.05, 0) is 19.1 Å². The first kappa shape index (κ1) is 11.9. The molecule has 0 saturated carbocycles. The summed E-state index contributed by atoms with van der Waals surface area (Å²) in [5.74, 6) is 2.12. The van der Waals surface area contributed by atoms with E-state index >= 15 is 0 Å². The Bertz CT molecular complexity index is 636. The number of nitrogens with one attached hydrogen (secondary N) is 2. The van der Waals surface area contributed by atoms with Gasteiger partial charge in [0.05, 0.1) is 0 Å². The zero-order valence-corrected chi connectivity index (χ0v) is 9.86. The number of aromatic nitrogens is 2. The predicted octanol–water partition coefficient (Wildman–Crippen LogP) is 1.20. The van der Waals surface area contributed by atoms with E-state index in [4.69, 9.17) is 9.68 Å². The van der Waals surface area contributed by atoms with Crippen LogP contribution in [0.3, 0.4) is 0 Å².